The number of Topliss-reactive ketones (excluding diaryl/α,β-unsaturated/α-hetero) is 1. The van der Waals surface area contributed by atoms with Crippen LogP contribution in [-0.2, 0) is 11.2 Å². The minimum absolute atomic E-state index is 0.0591. The molecule has 2 aromatic rings. The molecule has 0 N–H and O–H groups in total. The van der Waals surface area contributed by atoms with Crippen molar-refractivity contribution in [3.63, 3.8) is 0 Å². The summed E-state index contributed by atoms with van der Waals surface area (Å²) in [5.41, 5.74) is 0.412. The van der Waals surface area contributed by atoms with E-state index < -0.39 is 0 Å². The molecule has 0 aliphatic rings. The quantitative estimate of drug-likeness (QED) is 0.715. The van der Waals surface area contributed by atoms with Gasteiger partial charge in [0.25, 0.3) is 0 Å². The summed E-state index contributed by atoms with van der Waals surface area (Å²) >= 11 is 13.2. The lowest BCUT2D eigenvalue weighted by Crippen LogP contribution is -2.07. The Kier molecular flexibility index (Phi) is 5.46. The molecule has 0 amide bonds. The summed E-state index contributed by atoms with van der Waals surface area (Å²) in [6, 6.07) is 11.4. The van der Waals surface area contributed by atoms with Crippen LogP contribution in [0, 0.1) is 5.82 Å². The van der Waals surface area contributed by atoms with Gasteiger partial charge in [-0.2, -0.15) is 0 Å². The summed E-state index contributed by atoms with van der Waals surface area (Å²) in [6.07, 6.45) is 0.0812. The highest BCUT2D eigenvalue weighted by atomic mass is 35.5. The van der Waals surface area contributed by atoms with Gasteiger partial charge in [0.2, 0.25) is 0 Å². The van der Waals surface area contributed by atoms with Crippen molar-refractivity contribution >= 4 is 40.7 Å². The highest BCUT2D eigenvalue weighted by Crippen LogP contribution is 2.30. The lowest BCUT2D eigenvalue weighted by atomic mass is 10.1. The van der Waals surface area contributed by atoms with Gasteiger partial charge in [0.05, 0.1) is 10.8 Å². The molecule has 0 bridgehead atoms. The van der Waals surface area contributed by atoms with Crippen LogP contribution in [0.15, 0.2) is 47.4 Å². The topological polar surface area (TPSA) is 17.1 Å². The summed E-state index contributed by atoms with van der Waals surface area (Å²) < 4.78 is 13.4. The van der Waals surface area contributed by atoms with Gasteiger partial charge in [0, 0.05) is 16.3 Å². The third-order valence-electron chi connectivity index (χ3n) is 2.63. The molecule has 0 spiro atoms. The Bertz CT molecular complexity index is 631. The van der Waals surface area contributed by atoms with E-state index in [1.807, 2.05) is 0 Å². The zero-order valence-electron chi connectivity index (χ0n) is 10.4. The van der Waals surface area contributed by atoms with Crippen LogP contribution in [-0.4, -0.2) is 11.5 Å². The van der Waals surface area contributed by atoms with Crippen LogP contribution in [0.4, 0.5) is 4.39 Å². The Morgan fingerprint density at radius 1 is 1.15 bits per heavy atom. The van der Waals surface area contributed by atoms with E-state index in [-0.39, 0.29) is 23.8 Å². The maximum absolute atomic E-state index is 13.4. The number of rotatable bonds is 5. The minimum atomic E-state index is -0.355. The van der Waals surface area contributed by atoms with Crippen molar-refractivity contribution in [3.8, 4) is 0 Å². The molecule has 20 heavy (non-hydrogen) atoms. The predicted molar refractivity (Wildman–Crippen MR) is 82.3 cm³/mol. The first-order valence-corrected chi connectivity index (χ1v) is 7.63. The van der Waals surface area contributed by atoms with Gasteiger partial charge in [-0.05, 0) is 29.8 Å². The first kappa shape index (κ1) is 15.4. The van der Waals surface area contributed by atoms with Crippen LogP contribution < -0.4 is 0 Å². The minimum Gasteiger partial charge on any atom is -0.298 e. The van der Waals surface area contributed by atoms with Gasteiger partial charge >= 0.3 is 0 Å². The number of halogens is 3. The molecule has 0 radical (unpaired) electrons. The van der Waals surface area contributed by atoms with Crippen LogP contribution in [0.5, 0.6) is 0 Å². The van der Waals surface area contributed by atoms with Gasteiger partial charge < -0.3 is 0 Å². The number of hydrogen-bond acceptors (Lipinski definition) is 2. The molecule has 0 aliphatic carbocycles. The molecular formula is C15H11Cl2FOS. The first-order valence-electron chi connectivity index (χ1n) is 5.89. The van der Waals surface area contributed by atoms with E-state index in [1.165, 1.54) is 17.8 Å². The molecule has 0 aromatic heterocycles. The molecule has 5 heteroatoms. The average molecular weight is 329 g/mol. The second-order valence-electron chi connectivity index (χ2n) is 4.17. The molecule has 0 fully saturated rings. The van der Waals surface area contributed by atoms with Crippen molar-refractivity contribution in [1.29, 1.82) is 0 Å². The van der Waals surface area contributed by atoms with Crippen LogP contribution in [0.25, 0.3) is 0 Å². The highest BCUT2D eigenvalue weighted by molar-refractivity contribution is 8.00. The maximum Gasteiger partial charge on any atom is 0.147 e. The second-order valence-corrected chi connectivity index (χ2v) is 6.03. The summed E-state index contributed by atoms with van der Waals surface area (Å²) in [6.45, 7) is 0. The standard InChI is InChI=1S/C15H11Cl2FOS/c16-11-5-6-13(17)15(8-11)20-9-12(19)7-10-3-1-2-4-14(10)18/h1-6,8H,7,9H2. The third-order valence-corrected chi connectivity index (χ3v) is 4.42. The molecule has 1 nitrogen and oxygen atoms in total. The Labute approximate surface area is 131 Å². The van der Waals surface area contributed by atoms with E-state index in [4.69, 9.17) is 23.2 Å². The summed E-state index contributed by atoms with van der Waals surface area (Å²) in [7, 11) is 0. The Hall–Kier alpha value is -1.03. The molecule has 0 saturated heterocycles. The van der Waals surface area contributed by atoms with E-state index in [9.17, 15) is 9.18 Å². The molecular weight excluding hydrogens is 318 g/mol. The lowest BCUT2D eigenvalue weighted by molar-refractivity contribution is -0.116. The van der Waals surface area contributed by atoms with Gasteiger partial charge in [0.15, 0.2) is 0 Å². The molecule has 2 rings (SSSR count). The van der Waals surface area contributed by atoms with Gasteiger partial charge in [-0.1, -0.05) is 41.4 Å². The Balaban J connectivity index is 1.96. The maximum atomic E-state index is 13.4. The Morgan fingerprint density at radius 3 is 2.65 bits per heavy atom. The van der Waals surface area contributed by atoms with Gasteiger partial charge in [-0.25, -0.2) is 4.39 Å². The van der Waals surface area contributed by atoms with E-state index in [0.717, 1.165) is 4.90 Å². The number of benzene rings is 2. The predicted octanol–water partition coefficient (Wildman–Crippen LogP) is 5.04. The Morgan fingerprint density at radius 2 is 1.90 bits per heavy atom. The van der Waals surface area contributed by atoms with E-state index in [1.54, 1.807) is 36.4 Å². The molecule has 0 saturated carbocycles. The zero-order valence-corrected chi connectivity index (χ0v) is 12.7. The largest absolute Gasteiger partial charge is 0.298 e. The van der Waals surface area contributed by atoms with Crippen molar-refractivity contribution in [2.24, 2.45) is 0 Å². The number of thioether (sulfide) groups is 1. The molecule has 2 aromatic carbocycles. The number of carbonyl (C=O) groups is 1. The van der Waals surface area contributed by atoms with E-state index >= 15 is 0 Å². The third kappa shape index (κ3) is 4.23. The summed E-state index contributed by atoms with van der Waals surface area (Å²) in [5.74, 6) is -0.184. The van der Waals surface area contributed by atoms with Crippen molar-refractivity contribution in [3.05, 3.63) is 63.9 Å². The van der Waals surface area contributed by atoms with Gasteiger partial charge in [-0.3, -0.25) is 4.79 Å². The second kappa shape index (κ2) is 7.11. The average Bonchev–Trinajstić information content (AvgIpc) is 2.42. The summed E-state index contributed by atoms with van der Waals surface area (Å²) in [4.78, 5) is 12.6. The highest BCUT2D eigenvalue weighted by Gasteiger charge is 2.10. The van der Waals surface area contributed by atoms with Crippen LogP contribution >= 0.6 is 35.0 Å². The molecule has 104 valence electrons. The monoisotopic (exact) mass is 328 g/mol. The first-order chi connectivity index (χ1) is 9.56. The molecule has 0 atom stereocenters. The number of ketones is 1. The normalized spacial score (nSPS) is 10.6. The number of hydrogen-bond donors (Lipinski definition) is 0. The molecule has 0 aliphatic heterocycles. The zero-order chi connectivity index (χ0) is 14.5. The number of carbonyl (C=O) groups excluding carboxylic acids is 1. The van der Waals surface area contributed by atoms with E-state index in [2.05, 4.69) is 0 Å². The van der Waals surface area contributed by atoms with E-state index in [0.29, 0.717) is 15.6 Å². The molecule has 0 heterocycles. The fourth-order valence-electron chi connectivity index (χ4n) is 1.65. The van der Waals surface area contributed by atoms with Crippen LogP contribution in [0.2, 0.25) is 10.0 Å². The smallest absolute Gasteiger partial charge is 0.147 e. The van der Waals surface area contributed by atoms with Crippen molar-refractivity contribution in [2.75, 3.05) is 5.75 Å². The van der Waals surface area contributed by atoms with Gasteiger partial charge in [0.1, 0.15) is 11.6 Å². The fourth-order valence-corrected chi connectivity index (χ4v) is 3.00. The fraction of sp³-hybridized carbons (Fsp3) is 0.133. The van der Waals surface area contributed by atoms with Crippen LogP contribution in [0.3, 0.4) is 0 Å². The van der Waals surface area contributed by atoms with Crippen molar-refractivity contribution < 1.29 is 9.18 Å². The van der Waals surface area contributed by atoms with Crippen molar-refractivity contribution in [2.45, 2.75) is 11.3 Å². The summed E-state index contributed by atoms with van der Waals surface area (Å²) in [5, 5.41) is 1.12. The lowest BCUT2D eigenvalue weighted by Gasteiger charge is -2.05. The molecule has 0 unspecified atom stereocenters. The SMILES string of the molecule is O=C(CSc1cc(Cl)ccc1Cl)Cc1ccccc1F. The van der Waals surface area contributed by atoms with Crippen LogP contribution in [0.1, 0.15) is 5.56 Å². The van der Waals surface area contributed by atoms with Crippen molar-refractivity contribution in [1.82, 2.24) is 0 Å². The van der Waals surface area contributed by atoms with Gasteiger partial charge in [-0.15, -0.1) is 11.8 Å².